The van der Waals surface area contributed by atoms with Crippen molar-refractivity contribution in [1.82, 2.24) is 9.78 Å². The van der Waals surface area contributed by atoms with Crippen molar-refractivity contribution in [2.24, 2.45) is 5.92 Å². The topological polar surface area (TPSA) is 37.8 Å². The summed E-state index contributed by atoms with van der Waals surface area (Å²) < 4.78 is 1.62. The molecule has 0 spiro atoms. The second-order valence-electron chi connectivity index (χ2n) is 3.45. The smallest absolute Gasteiger partial charge is 0.269 e. The van der Waals surface area contributed by atoms with Gasteiger partial charge in [0.1, 0.15) is 0 Å². The molecular formula is C9H16N2O. The van der Waals surface area contributed by atoms with Gasteiger partial charge in [0.15, 0.2) is 0 Å². The van der Waals surface area contributed by atoms with Crippen LogP contribution in [0.5, 0.6) is 0 Å². The molecule has 0 radical (unpaired) electrons. The first-order valence-electron chi connectivity index (χ1n) is 4.42. The van der Waals surface area contributed by atoms with E-state index in [2.05, 4.69) is 18.9 Å². The first-order chi connectivity index (χ1) is 5.65. The van der Waals surface area contributed by atoms with E-state index in [1.54, 1.807) is 4.68 Å². The van der Waals surface area contributed by atoms with Crippen molar-refractivity contribution in [1.29, 1.82) is 0 Å². The number of nitrogens with zero attached hydrogens (tertiary/aromatic N) is 1. The van der Waals surface area contributed by atoms with Crippen LogP contribution in [0.4, 0.5) is 0 Å². The number of rotatable bonds is 3. The summed E-state index contributed by atoms with van der Waals surface area (Å²) in [7, 11) is 0. The largest absolute Gasteiger partial charge is 0.303 e. The Morgan fingerprint density at radius 2 is 2.25 bits per heavy atom. The van der Waals surface area contributed by atoms with Gasteiger partial charge in [0.05, 0.1) is 0 Å². The van der Waals surface area contributed by atoms with Gasteiger partial charge in [0.2, 0.25) is 0 Å². The third-order valence-electron chi connectivity index (χ3n) is 1.86. The molecule has 0 amide bonds. The molecule has 1 rings (SSSR count). The van der Waals surface area contributed by atoms with Gasteiger partial charge in [-0.15, -0.1) is 0 Å². The Hall–Kier alpha value is -0.990. The Kier molecular flexibility index (Phi) is 2.74. The van der Waals surface area contributed by atoms with Gasteiger partial charge in [0, 0.05) is 18.3 Å². The van der Waals surface area contributed by atoms with Crippen LogP contribution in [-0.4, -0.2) is 9.78 Å². The lowest BCUT2D eigenvalue weighted by Crippen LogP contribution is -2.18. The van der Waals surface area contributed by atoms with Crippen LogP contribution in [0.1, 0.15) is 26.3 Å². The van der Waals surface area contributed by atoms with Crippen LogP contribution in [-0.2, 0) is 13.0 Å². The van der Waals surface area contributed by atoms with E-state index in [4.69, 9.17) is 0 Å². The fourth-order valence-electron chi connectivity index (χ4n) is 1.27. The van der Waals surface area contributed by atoms with E-state index in [1.807, 2.05) is 13.1 Å². The molecule has 3 heteroatoms. The predicted molar refractivity (Wildman–Crippen MR) is 49.3 cm³/mol. The number of aromatic amines is 1. The lowest BCUT2D eigenvalue weighted by molar-refractivity contribution is 0.622. The highest BCUT2D eigenvalue weighted by atomic mass is 16.1. The van der Waals surface area contributed by atoms with E-state index in [0.717, 1.165) is 18.5 Å². The molecule has 0 aromatic carbocycles. The molecule has 3 nitrogen and oxygen atoms in total. The average molecular weight is 168 g/mol. The number of hydrogen-bond donors (Lipinski definition) is 1. The van der Waals surface area contributed by atoms with Gasteiger partial charge in [-0.05, 0) is 19.3 Å². The maximum atomic E-state index is 11.5. The standard InChI is InChI=1S/C9H16N2O/c1-4-11-9(12)8(6-10-11)5-7(2)3/h6-7,10H,4-5H2,1-3H3. The Morgan fingerprint density at radius 3 is 2.67 bits per heavy atom. The van der Waals surface area contributed by atoms with Crippen LogP contribution in [0.2, 0.25) is 0 Å². The Bertz CT molecular complexity index is 296. The van der Waals surface area contributed by atoms with Gasteiger partial charge >= 0.3 is 0 Å². The van der Waals surface area contributed by atoms with Crippen molar-refractivity contribution >= 4 is 0 Å². The van der Waals surface area contributed by atoms with Crippen LogP contribution in [0.3, 0.4) is 0 Å². The van der Waals surface area contributed by atoms with Gasteiger partial charge in [0.25, 0.3) is 5.56 Å². The van der Waals surface area contributed by atoms with E-state index in [0.29, 0.717) is 5.92 Å². The molecule has 1 aromatic heterocycles. The summed E-state index contributed by atoms with van der Waals surface area (Å²) in [5.41, 5.74) is 1.03. The van der Waals surface area contributed by atoms with Crippen LogP contribution in [0.25, 0.3) is 0 Å². The minimum Gasteiger partial charge on any atom is -0.303 e. The third kappa shape index (κ3) is 1.78. The van der Waals surface area contributed by atoms with Gasteiger partial charge in [-0.2, -0.15) is 0 Å². The van der Waals surface area contributed by atoms with Crippen molar-refractivity contribution in [3.63, 3.8) is 0 Å². The molecule has 0 aliphatic rings. The van der Waals surface area contributed by atoms with Gasteiger partial charge in [-0.25, -0.2) is 0 Å². The summed E-state index contributed by atoms with van der Waals surface area (Å²) in [6, 6.07) is 0. The molecule has 0 aliphatic carbocycles. The first kappa shape index (κ1) is 9.10. The molecule has 0 aliphatic heterocycles. The van der Waals surface area contributed by atoms with Crippen molar-refractivity contribution < 1.29 is 0 Å². The number of H-pyrrole nitrogens is 1. The number of aromatic nitrogens is 2. The highest BCUT2D eigenvalue weighted by Crippen LogP contribution is 2.01. The number of aryl methyl sites for hydroxylation is 1. The molecule has 0 saturated heterocycles. The molecule has 0 atom stereocenters. The van der Waals surface area contributed by atoms with Crippen LogP contribution >= 0.6 is 0 Å². The first-order valence-corrected chi connectivity index (χ1v) is 4.42. The SMILES string of the molecule is CCn1[nH]cc(CC(C)C)c1=O. The zero-order valence-electron chi connectivity index (χ0n) is 7.92. The van der Waals surface area contributed by atoms with Crippen molar-refractivity contribution in [2.45, 2.75) is 33.7 Å². The Morgan fingerprint density at radius 1 is 1.58 bits per heavy atom. The zero-order valence-corrected chi connectivity index (χ0v) is 7.92. The van der Waals surface area contributed by atoms with Crippen molar-refractivity contribution in [2.75, 3.05) is 0 Å². The van der Waals surface area contributed by atoms with E-state index >= 15 is 0 Å². The molecule has 12 heavy (non-hydrogen) atoms. The lowest BCUT2D eigenvalue weighted by atomic mass is 10.1. The second kappa shape index (κ2) is 3.61. The molecule has 1 heterocycles. The molecule has 0 fully saturated rings. The third-order valence-corrected chi connectivity index (χ3v) is 1.86. The summed E-state index contributed by atoms with van der Waals surface area (Å²) in [5.74, 6) is 0.541. The van der Waals surface area contributed by atoms with Crippen LogP contribution < -0.4 is 5.56 Å². The van der Waals surface area contributed by atoms with Crippen LogP contribution in [0.15, 0.2) is 11.0 Å². The molecule has 68 valence electrons. The van der Waals surface area contributed by atoms with Crippen molar-refractivity contribution in [3.05, 3.63) is 22.1 Å². The minimum atomic E-state index is 0.131. The normalized spacial score (nSPS) is 11.0. The maximum absolute atomic E-state index is 11.5. The Labute approximate surface area is 72.4 Å². The molecule has 0 saturated carbocycles. The molecule has 1 aromatic rings. The number of hydrogen-bond acceptors (Lipinski definition) is 1. The molecular weight excluding hydrogens is 152 g/mol. The summed E-state index contributed by atoms with van der Waals surface area (Å²) in [5, 5.41) is 2.93. The number of nitrogens with one attached hydrogen (secondary N) is 1. The fourth-order valence-corrected chi connectivity index (χ4v) is 1.27. The zero-order chi connectivity index (χ0) is 9.14. The minimum absolute atomic E-state index is 0.131. The monoisotopic (exact) mass is 168 g/mol. The van der Waals surface area contributed by atoms with Gasteiger partial charge < -0.3 is 5.10 Å². The summed E-state index contributed by atoms with van der Waals surface area (Å²) in [6.45, 7) is 6.90. The molecule has 0 unspecified atom stereocenters. The Balaban J connectivity index is 2.88. The lowest BCUT2D eigenvalue weighted by Gasteiger charge is -1.98. The van der Waals surface area contributed by atoms with E-state index < -0.39 is 0 Å². The van der Waals surface area contributed by atoms with Crippen molar-refractivity contribution in [3.8, 4) is 0 Å². The summed E-state index contributed by atoms with van der Waals surface area (Å²) in [4.78, 5) is 11.5. The van der Waals surface area contributed by atoms with Gasteiger partial charge in [-0.1, -0.05) is 13.8 Å². The maximum Gasteiger partial charge on any atom is 0.269 e. The van der Waals surface area contributed by atoms with E-state index in [9.17, 15) is 4.79 Å². The average Bonchev–Trinajstić information content (AvgIpc) is 2.32. The second-order valence-corrected chi connectivity index (χ2v) is 3.45. The highest BCUT2D eigenvalue weighted by Gasteiger charge is 2.05. The fraction of sp³-hybridized carbons (Fsp3) is 0.667. The molecule has 0 bridgehead atoms. The summed E-state index contributed by atoms with van der Waals surface area (Å²) in [6.07, 6.45) is 2.67. The quantitative estimate of drug-likeness (QED) is 0.727. The summed E-state index contributed by atoms with van der Waals surface area (Å²) >= 11 is 0. The predicted octanol–water partition coefficient (Wildman–Crippen LogP) is 1.39. The van der Waals surface area contributed by atoms with Gasteiger partial charge in [-0.3, -0.25) is 9.48 Å². The molecule has 1 N–H and O–H groups in total. The van der Waals surface area contributed by atoms with E-state index in [-0.39, 0.29) is 5.56 Å². The highest BCUT2D eigenvalue weighted by molar-refractivity contribution is 5.05. The van der Waals surface area contributed by atoms with E-state index in [1.165, 1.54) is 0 Å². The van der Waals surface area contributed by atoms with Crippen LogP contribution in [0, 0.1) is 5.92 Å².